The number of nitrogens with zero attached hydrogens (tertiary/aromatic N) is 4. The van der Waals surface area contributed by atoms with Gasteiger partial charge in [-0.15, -0.1) is 0 Å². The molecule has 0 saturated carbocycles. The summed E-state index contributed by atoms with van der Waals surface area (Å²) in [6.45, 7) is 15.5. The maximum absolute atomic E-state index is 12.9. The monoisotopic (exact) mass is 510 g/mol. The smallest absolute Gasteiger partial charge is 0.410 e. The number of amides is 2. The van der Waals surface area contributed by atoms with Crippen molar-refractivity contribution in [2.75, 3.05) is 26.2 Å². The van der Waals surface area contributed by atoms with Crippen LogP contribution in [0.4, 0.5) is 9.59 Å². The third-order valence-corrected chi connectivity index (χ3v) is 7.58. The van der Waals surface area contributed by atoms with Crippen molar-refractivity contribution in [1.82, 2.24) is 19.6 Å². The Balaban J connectivity index is 1.46. The number of benzene rings is 1. The Kier molecular flexibility index (Phi) is 5.96. The minimum absolute atomic E-state index is 0.115. The van der Waals surface area contributed by atoms with Crippen molar-refractivity contribution in [3.63, 3.8) is 0 Å². The molecular formula is C28H38N4O5. The lowest BCUT2D eigenvalue weighted by molar-refractivity contribution is -0.0760. The molecule has 37 heavy (non-hydrogen) atoms. The van der Waals surface area contributed by atoms with Gasteiger partial charge in [-0.3, -0.25) is 9.58 Å². The molecule has 0 N–H and O–H groups in total. The van der Waals surface area contributed by atoms with E-state index in [1.807, 2.05) is 56.9 Å². The fraction of sp³-hybridized carbons (Fsp3) is 0.607. The standard InChI is InChI=1S/C28H38N4O5/c1-8-35-24(33)30-16-28(17-30)22-18(2)32(29-23(22)20-11-9-10-12-21(20)36-28)19-13-14-31(27(6,7)15-19)25(34)37-26(3,4)5/h9-12,19H,8,13-17H2,1-7H3. The first-order chi connectivity index (χ1) is 17.3. The molecule has 5 rings (SSSR count). The molecule has 1 atom stereocenters. The maximum atomic E-state index is 12.9. The van der Waals surface area contributed by atoms with Crippen LogP contribution in [0.25, 0.3) is 11.3 Å². The lowest BCUT2D eigenvalue weighted by Gasteiger charge is -2.50. The average Bonchev–Trinajstić information content (AvgIpc) is 3.13. The van der Waals surface area contributed by atoms with E-state index < -0.39 is 16.7 Å². The van der Waals surface area contributed by atoms with Gasteiger partial charge in [0, 0.05) is 28.9 Å². The Morgan fingerprint density at radius 3 is 2.51 bits per heavy atom. The van der Waals surface area contributed by atoms with Gasteiger partial charge in [0.1, 0.15) is 17.0 Å². The van der Waals surface area contributed by atoms with Gasteiger partial charge in [0.25, 0.3) is 0 Å². The number of hydrogen-bond acceptors (Lipinski definition) is 6. The lowest BCUT2D eigenvalue weighted by atomic mass is 9.80. The zero-order valence-corrected chi connectivity index (χ0v) is 23.0. The summed E-state index contributed by atoms with van der Waals surface area (Å²) in [5.74, 6) is 0.781. The molecule has 2 aromatic rings. The molecular weight excluding hydrogens is 472 g/mol. The SMILES string of the molecule is CCOC(=O)N1CC2(C1)Oc1ccccc1-c1nn(C3CCN(C(=O)OC(C)(C)C)C(C)(C)C3)c(C)c12. The van der Waals surface area contributed by atoms with E-state index in [0.717, 1.165) is 41.1 Å². The summed E-state index contributed by atoms with van der Waals surface area (Å²) in [5.41, 5.74) is 2.38. The molecule has 1 spiro atoms. The first-order valence-electron chi connectivity index (χ1n) is 13.2. The predicted octanol–water partition coefficient (Wildman–Crippen LogP) is 5.27. The first kappa shape index (κ1) is 25.4. The zero-order chi connectivity index (χ0) is 26.8. The van der Waals surface area contributed by atoms with Gasteiger partial charge in [0.05, 0.1) is 25.7 Å². The van der Waals surface area contributed by atoms with Gasteiger partial charge in [-0.1, -0.05) is 12.1 Å². The van der Waals surface area contributed by atoms with E-state index in [1.165, 1.54) is 0 Å². The summed E-state index contributed by atoms with van der Waals surface area (Å²) in [7, 11) is 0. The van der Waals surface area contributed by atoms with E-state index in [4.69, 9.17) is 19.3 Å². The Morgan fingerprint density at radius 2 is 1.86 bits per heavy atom. The molecule has 9 nitrogen and oxygen atoms in total. The summed E-state index contributed by atoms with van der Waals surface area (Å²) in [6, 6.07) is 8.06. The normalized spacial score (nSPS) is 21.4. The second-order valence-corrected chi connectivity index (χ2v) is 12.0. The molecule has 3 aliphatic rings. The topological polar surface area (TPSA) is 86.1 Å². The van der Waals surface area contributed by atoms with Gasteiger partial charge < -0.3 is 19.1 Å². The maximum Gasteiger partial charge on any atom is 0.410 e. The van der Waals surface area contributed by atoms with Gasteiger partial charge in [0.15, 0.2) is 5.60 Å². The molecule has 2 saturated heterocycles. The highest BCUT2D eigenvalue weighted by Gasteiger charge is 2.55. The number of carbonyl (C=O) groups excluding carboxylic acids is 2. The number of aromatic nitrogens is 2. The second-order valence-electron chi connectivity index (χ2n) is 12.0. The third kappa shape index (κ3) is 4.32. The molecule has 0 bridgehead atoms. The molecule has 2 amide bonds. The molecule has 1 aromatic heterocycles. The quantitative estimate of drug-likeness (QED) is 0.547. The van der Waals surface area contributed by atoms with Crippen LogP contribution >= 0.6 is 0 Å². The summed E-state index contributed by atoms with van der Waals surface area (Å²) in [6.07, 6.45) is 0.924. The highest BCUT2D eigenvalue weighted by Crippen LogP contribution is 2.51. The lowest BCUT2D eigenvalue weighted by Crippen LogP contribution is -2.65. The summed E-state index contributed by atoms with van der Waals surface area (Å²) >= 11 is 0. The second kappa shape index (κ2) is 8.67. The van der Waals surface area contributed by atoms with Crippen molar-refractivity contribution >= 4 is 12.2 Å². The fourth-order valence-corrected chi connectivity index (χ4v) is 5.99. The van der Waals surface area contributed by atoms with Crippen LogP contribution in [-0.2, 0) is 15.1 Å². The minimum Gasteiger partial charge on any atom is -0.478 e. The van der Waals surface area contributed by atoms with E-state index >= 15 is 0 Å². The van der Waals surface area contributed by atoms with Crippen LogP contribution in [0.5, 0.6) is 5.75 Å². The molecule has 200 valence electrons. The number of fused-ring (bicyclic) bond motifs is 4. The first-order valence-corrected chi connectivity index (χ1v) is 13.2. The molecule has 1 unspecified atom stereocenters. The number of piperidine rings is 1. The Hall–Kier alpha value is -3.23. The van der Waals surface area contributed by atoms with E-state index in [-0.39, 0.29) is 18.2 Å². The van der Waals surface area contributed by atoms with Crippen molar-refractivity contribution in [1.29, 1.82) is 0 Å². The third-order valence-electron chi connectivity index (χ3n) is 7.58. The zero-order valence-electron chi connectivity index (χ0n) is 23.0. The predicted molar refractivity (Wildman–Crippen MR) is 139 cm³/mol. The molecule has 2 fully saturated rings. The van der Waals surface area contributed by atoms with Gasteiger partial charge in [-0.05, 0) is 73.4 Å². The fourth-order valence-electron chi connectivity index (χ4n) is 5.99. The van der Waals surface area contributed by atoms with Crippen LogP contribution < -0.4 is 4.74 Å². The van der Waals surface area contributed by atoms with Gasteiger partial charge >= 0.3 is 12.2 Å². The van der Waals surface area contributed by atoms with E-state index in [2.05, 4.69) is 25.5 Å². The average molecular weight is 511 g/mol. The van der Waals surface area contributed by atoms with Gasteiger partial charge in [0.2, 0.25) is 0 Å². The van der Waals surface area contributed by atoms with Crippen LogP contribution in [0.15, 0.2) is 24.3 Å². The highest BCUT2D eigenvalue weighted by molar-refractivity contribution is 5.77. The number of carbonyl (C=O) groups is 2. The number of para-hydroxylation sites is 1. The Bertz CT molecular complexity index is 1220. The number of ether oxygens (including phenoxy) is 3. The molecule has 0 aliphatic carbocycles. The summed E-state index contributed by atoms with van der Waals surface area (Å²) < 4.78 is 19.6. The highest BCUT2D eigenvalue weighted by atomic mass is 16.6. The van der Waals surface area contributed by atoms with Crippen LogP contribution in [0.1, 0.15) is 71.7 Å². The molecule has 9 heteroatoms. The number of hydrogen-bond donors (Lipinski definition) is 0. The minimum atomic E-state index is -0.647. The van der Waals surface area contributed by atoms with Crippen LogP contribution in [0.3, 0.4) is 0 Å². The van der Waals surface area contributed by atoms with Crippen molar-refractivity contribution in [3.05, 3.63) is 35.5 Å². The number of likely N-dealkylation sites (tertiary alicyclic amines) is 2. The molecule has 4 heterocycles. The Labute approximate surface area is 218 Å². The Morgan fingerprint density at radius 1 is 1.16 bits per heavy atom. The van der Waals surface area contributed by atoms with Crippen LogP contribution in [-0.4, -0.2) is 69.1 Å². The molecule has 0 radical (unpaired) electrons. The summed E-state index contributed by atoms with van der Waals surface area (Å²) in [5, 5.41) is 5.16. The largest absolute Gasteiger partial charge is 0.478 e. The van der Waals surface area contributed by atoms with Crippen molar-refractivity contribution in [3.8, 4) is 17.0 Å². The molecule has 1 aromatic carbocycles. The van der Waals surface area contributed by atoms with Crippen molar-refractivity contribution in [2.45, 2.75) is 84.1 Å². The van der Waals surface area contributed by atoms with E-state index in [9.17, 15) is 9.59 Å². The van der Waals surface area contributed by atoms with Crippen molar-refractivity contribution in [2.24, 2.45) is 0 Å². The van der Waals surface area contributed by atoms with Gasteiger partial charge in [-0.25, -0.2) is 9.59 Å². The van der Waals surface area contributed by atoms with Crippen LogP contribution in [0, 0.1) is 6.92 Å². The van der Waals surface area contributed by atoms with Gasteiger partial charge in [-0.2, -0.15) is 5.10 Å². The van der Waals surface area contributed by atoms with Crippen LogP contribution in [0.2, 0.25) is 0 Å². The summed E-state index contributed by atoms with van der Waals surface area (Å²) in [4.78, 5) is 28.8. The van der Waals surface area contributed by atoms with E-state index in [0.29, 0.717) is 26.2 Å². The number of rotatable bonds is 2. The van der Waals surface area contributed by atoms with Crippen molar-refractivity contribution < 1.29 is 23.8 Å². The molecule has 3 aliphatic heterocycles. The van der Waals surface area contributed by atoms with E-state index in [1.54, 1.807) is 4.90 Å².